The topological polar surface area (TPSA) is 221 Å². The lowest BCUT2D eigenvalue weighted by Crippen LogP contribution is -2.52. The Labute approximate surface area is 442 Å². The maximum atomic E-state index is 14.9. The molecule has 17 nitrogen and oxygen atoms in total. The number of fused-ring (bicyclic) bond motifs is 1. The zero-order valence-corrected chi connectivity index (χ0v) is 46.2. The van der Waals surface area contributed by atoms with E-state index >= 15 is 0 Å². The Bertz CT molecular complexity index is 2540. The van der Waals surface area contributed by atoms with Crippen molar-refractivity contribution in [3.05, 3.63) is 106 Å². The van der Waals surface area contributed by atoms with Crippen molar-refractivity contribution in [1.29, 1.82) is 0 Å². The number of ether oxygens (including phenoxy) is 2. The second kappa shape index (κ2) is 24.7. The van der Waals surface area contributed by atoms with E-state index in [1.807, 2.05) is 75.4 Å². The van der Waals surface area contributed by atoms with E-state index in [2.05, 4.69) is 22.0 Å². The number of nitrogens with one attached hydrogen (secondary N) is 3. The van der Waals surface area contributed by atoms with E-state index in [0.29, 0.717) is 24.0 Å². The highest BCUT2D eigenvalue weighted by Crippen LogP contribution is 2.35. The summed E-state index contributed by atoms with van der Waals surface area (Å²) in [7, 11) is 2.91. The average molecular weight is 1040 g/mol. The van der Waals surface area contributed by atoms with E-state index < -0.39 is 76.8 Å². The van der Waals surface area contributed by atoms with Gasteiger partial charge in [-0.15, -0.1) is 0 Å². The van der Waals surface area contributed by atoms with Crippen molar-refractivity contribution in [2.24, 2.45) is 11.3 Å². The number of ketones is 1. The Morgan fingerprint density at radius 2 is 1.25 bits per heavy atom. The number of aryl methyl sites for hydroxylation is 3. The zero-order valence-electron chi connectivity index (χ0n) is 46.2. The first kappa shape index (κ1) is 59.1. The van der Waals surface area contributed by atoms with E-state index in [4.69, 9.17) is 9.47 Å². The minimum absolute atomic E-state index is 0.0286. The summed E-state index contributed by atoms with van der Waals surface area (Å²) in [6, 6.07) is 17.8. The summed E-state index contributed by atoms with van der Waals surface area (Å²) in [6.45, 7) is 19.1. The van der Waals surface area contributed by atoms with Gasteiger partial charge in [0.1, 0.15) is 29.3 Å². The van der Waals surface area contributed by atoms with E-state index in [9.17, 15) is 43.5 Å². The number of carbonyl (C=O) groups excluding carboxylic acids is 7. The van der Waals surface area contributed by atoms with E-state index in [0.717, 1.165) is 40.9 Å². The number of likely N-dealkylation sites (N-methyl/N-ethyl adjacent to an activating group) is 2. The standard InChI is InChI=1S/C58H80N6O11/c1-35(62(12)54(72)74-57(6,7)8)48(65)33-44(56(3,4)5)52(69)64-34-42(32-47(64)51(68)60-45-20-16-18-40-17-14-15-19-43(40)45)59-50(67)41-29-27-38(28-30-41)22-21-37-23-25-39(26-24-37)31-46(53(70)71)61-49(66)36(2)63(13)55(73)75-58(9,10)11/h14-15,17,19,23-30,35-36,42,44-47H,16,18,20-22,31-34H2,1-13H3,(H,59,67)(H,60,68)(H,61,66)(H,70,71)/t35-,36-,42?,44+,45?,46-,47-/m0/s1. The van der Waals surface area contributed by atoms with Crippen LogP contribution in [0.25, 0.3) is 0 Å². The number of amides is 6. The SMILES string of the molecule is C[C@@H](C(=O)C[C@H](C(=O)N1CC(NC(=O)c2ccc(CCc3ccc(C[C@H](NC(=O)[C@H](C)N(C)C(=O)OC(C)(C)C)C(=O)O)cc3)cc2)C[C@H]1C(=O)NC1CCCc2ccccc21)C(C)(C)C)N(C)C(=O)OC(C)(C)C. The molecule has 1 aliphatic heterocycles. The summed E-state index contributed by atoms with van der Waals surface area (Å²) in [4.78, 5) is 111. The van der Waals surface area contributed by atoms with Crippen LogP contribution in [0.3, 0.4) is 0 Å². The molecule has 1 fully saturated rings. The van der Waals surface area contributed by atoms with Gasteiger partial charge in [-0.25, -0.2) is 14.4 Å². The predicted octanol–water partition coefficient (Wildman–Crippen LogP) is 7.61. The van der Waals surface area contributed by atoms with Gasteiger partial charge in [-0.1, -0.05) is 81.4 Å². The number of hydrogen-bond donors (Lipinski definition) is 4. The van der Waals surface area contributed by atoms with Gasteiger partial charge in [0.15, 0.2) is 5.78 Å². The second-order valence-corrected chi connectivity index (χ2v) is 23.3. The Morgan fingerprint density at radius 3 is 1.80 bits per heavy atom. The number of carbonyl (C=O) groups is 8. The van der Waals surface area contributed by atoms with Crippen LogP contribution >= 0.6 is 0 Å². The molecule has 2 aliphatic rings. The van der Waals surface area contributed by atoms with E-state index in [-0.39, 0.29) is 55.4 Å². The molecule has 0 bridgehead atoms. The van der Waals surface area contributed by atoms with Crippen LogP contribution in [-0.4, -0.2) is 129 Å². The fraction of sp³-hybridized carbons (Fsp3) is 0.552. The molecule has 5 rings (SSSR count). The van der Waals surface area contributed by atoms with Gasteiger partial charge in [0.25, 0.3) is 5.91 Å². The Morgan fingerprint density at radius 1 is 0.720 bits per heavy atom. The molecule has 75 heavy (non-hydrogen) atoms. The van der Waals surface area contributed by atoms with Crippen molar-refractivity contribution in [2.75, 3.05) is 20.6 Å². The Kier molecular flexibility index (Phi) is 19.5. The molecule has 17 heteroatoms. The highest BCUT2D eigenvalue weighted by molar-refractivity contribution is 5.96. The van der Waals surface area contributed by atoms with Gasteiger partial charge in [-0.3, -0.25) is 28.9 Å². The molecule has 4 N–H and O–H groups in total. The zero-order chi connectivity index (χ0) is 55.7. The van der Waals surface area contributed by atoms with Gasteiger partial charge >= 0.3 is 18.2 Å². The van der Waals surface area contributed by atoms with Gasteiger partial charge in [-0.2, -0.15) is 0 Å². The lowest BCUT2D eigenvalue weighted by atomic mass is 9.76. The quantitative estimate of drug-likeness (QED) is 0.0971. The molecule has 7 atom stereocenters. The van der Waals surface area contributed by atoms with E-state index in [1.165, 1.54) is 36.4 Å². The van der Waals surface area contributed by atoms with Gasteiger partial charge in [0.05, 0.1) is 12.1 Å². The van der Waals surface area contributed by atoms with Crippen LogP contribution in [0.5, 0.6) is 0 Å². The number of carboxylic acids is 1. The number of Topliss-reactive ketones (excluding diaryl/α,β-unsaturated/α-hetero) is 1. The Hall–Kier alpha value is -6.78. The van der Waals surface area contributed by atoms with Crippen LogP contribution in [0.2, 0.25) is 0 Å². The summed E-state index contributed by atoms with van der Waals surface area (Å²) in [6.07, 6.45) is 2.49. The largest absolute Gasteiger partial charge is 0.480 e. The summed E-state index contributed by atoms with van der Waals surface area (Å²) in [5.41, 5.74) is 3.04. The molecular formula is C58H80N6O11. The predicted molar refractivity (Wildman–Crippen MR) is 285 cm³/mol. The summed E-state index contributed by atoms with van der Waals surface area (Å²) in [5.74, 6) is -4.10. The minimum Gasteiger partial charge on any atom is -0.480 e. The van der Waals surface area contributed by atoms with Crippen LogP contribution in [0.1, 0.15) is 146 Å². The number of carboxylic acid groups (broad SMARTS) is 1. The summed E-state index contributed by atoms with van der Waals surface area (Å²) < 4.78 is 10.8. The number of rotatable bonds is 18. The van der Waals surface area contributed by atoms with Crippen LogP contribution in [0.15, 0.2) is 72.8 Å². The first-order valence-electron chi connectivity index (χ1n) is 26.1. The third kappa shape index (κ3) is 16.6. The minimum atomic E-state index is -1.23. The molecule has 1 saturated heterocycles. The van der Waals surface area contributed by atoms with Crippen LogP contribution < -0.4 is 16.0 Å². The van der Waals surface area contributed by atoms with Crippen molar-refractivity contribution < 1.29 is 52.9 Å². The van der Waals surface area contributed by atoms with Crippen LogP contribution in [0, 0.1) is 11.3 Å². The molecule has 6 amide bonds. The fourth-order valence-corrected chi connectivity index (χ4v) is 9.27. The number of benzene rings is 3. The summed E-state index contributed by atoms with van der Waals surface area (Å²) >= 11 is 0. The monoisotopic (exact) mass is 1040 g/mol. The first-order chi connectivity index (χ1) is 34.9. The maximum absolute atomic E-state index is 14.9. The van der Waals surface area contributed by atoms with Gasteiger partial charge in [-0.05, 0) is 139 Å². The van der Waals surface area contributed by atoms with Crippen molar-refractivity contribution in [1.82, 2.24) is 30.7 Å². The molecule has 408 valence electrons. The highest BCUT2D eigenvalue weighted by Gasteiger charge is 2.46. The smallest absolute Gasteiger partial charge is 0.410 e. The van der Waals surface area contributed by atoms with Gasteiger partial charge in [0.2, 0.25) is 17.7 Å². The lowest BCUT2D eigenvalue weighted by molar-refractivity contribution is -0.146. The van der Waals surface area contributed by atoms with Crippen molar-refractivity contribution in [3.63, 3.8) is 0 Å². The first-order valence-corrected chi connectivity index (χ1v) is 26.1. The number of likely N-dealkylation sites (tertiary alicyclic amines) is 1. The number of nitrogens with zero attached hydrogens (tertiary/aromatic N) is 3. The summed E-state index contributed by atoms with van der Waals surface area (Å²) in [5, 5.41) is 18.8. The molecule has 3 aromatic rings. The third-order valence-electron chi connectivity index (χ3n) is 14.0. The normalized spacial score (nSPS) is 18.3. The van der Waals surface area contributed by atoms with Crippen molar-refractivity contribution >= 4 is 47.6 Å². The molecule has 0 spiro atoms. The molecule has 0 saturated carbocycles. The lowest BCUT2D eigenvalue weighted by Gasteiger charge is -2.36. The molecule has 0 aromatic heterocycles. The molecule has 2 unspecified atom stereocenters. The highest BCUT2D eigenvalue weighted by atomic mass is 16.6. The molecule has 3 aromatic carbocycles. The maximum Gasteiger partial charge on any atom is 0.410 e. The second-order valence-electron chi connectivity index (χ2n) is 23.3. The van der Waals surface area contributed by atoms with Crippen LogP contribution in [0.4, 0.5) is 9.59 Å². The number of aliphatic carboxylic acids is 1. The average Bonchev–Trinajstić information content (AvgIpc) is 3.76. The molecular weight excluding hydrogens is 957 g/mol. The Balaban J connectivity index is 1.23. The van der Waals surface area contributed by atoms with Crippen molar-refractivity contribution in [3.8, 4) is 0 Å². The number of hydrogen-bond acceptors (Lipinski definition) is 10. The van der Waals surface area contributed by atoms with Gasteiger partial charge < -0.3 is 40.3 Å². The molecule has 0 radical (unpaired) electrons. The van der Waals surface area contributed by atoms with Crippen LogP contribution in [-0.2, 0) is 59.1 Å². The fourth-order valence-electron chi connectivity index (χ4n) is 9.27. The molecule has 1 heterocycles. The van der Waals surface area contributed by atoms with E-state index in [1.54, 1.807) is 60.6 Å². The van der Waals surface area contributed by atoms with Gasteiger partial charge in [0, 0.05) is 51.0 Å². The third-order valence-corrected chi connectivity index (χ3v) is 14.0. The van der Waals surface area contributed by atoms with Crippen molar-refractivity contribution in [2.45, 2.75) is 175 Å². The molecule has 1 aliphatic carbocycles.